The zero-order chi connectivity index (χ0) is 25.4. The molecule has 0 fully saturated rings. The Kier molecular flexibility index (Phi) is 10.1. The predicted octanol–water partition coefficient (Wildman–Crippen LogP) is 6.56. The van der Waals surface area contributed by atoms with E-state index in [4.69, 9.17) is 23.2 Å². The van der Waals surface area contributed by atoms with Crippen molar-refractivity contribution in [1.29, 1.82) is 0 Å². The summed E-state index contributed by atoms with van der Waals surface area (Å²) < 4.78 is 0. The van der Waals surface area contributed by atoms with Crippen molar-refractivity contribution < 1.29 is 9.59 Å². The predicted molar refractivity (Wildman–Crippen MR) is 146 cm³/mol. The van der Waals surface area contributed by atoms with E-state index in [0.717, 1.165) is 16.0 Å². The zero-order valence-electron chi connectivity index (χ0n) is 20.1. The van der Waals surface area contributed by atoms with Crippen molar-refractivity contribution in [1.82, 2.24) is 10.2 Å². The average Bonchev–Trinajstić information content (AvgIpc) is 2.82. The number of nitrogens with one attached hydrogen (secondary N) is 1. The van der Waals surface area contributed by atoms with E-state index in [0.29, 0.717) is 22.0 Å². The molecular formula is C28H30Cl2N2O2S. The molecule has 2 amide bonds. The van der Waals surface area contributed by atoms with Crippen LogP contribution in [0.15, 0.2) is 77.7 Å². The fourth-order valence-corrected chi connectivity index (χ4v) is 4.95. The Morgan fingerprint density at radius 3 is 2.14 bits per heavy atom. The topological polar surface area (TPSA) is 49.4 Å². The second-order valence-electron chi connectivity index (χ2n) is 8.69. The number of benzene rings is 3. The minimum absolute atomic E-state index is 0.0661. The lowest BCUT2D eigenvalue weighted by molar-refractivity contribution is -0.139. The summed E-state index contributed by atoms with van der Waals surface area (Å²) in [7, 11) is 0. The van der Waals surface area contributed by atoms with Gasteiger partial charge in [0.25, 0.3) is 0 Å². The van der Waals surface area contributed by atoms with Crippen LogP contribution in [0.25, 0.3) is 0 Å². The number of hydrogen-bond acceptors (Lipinski definition) is 3. The average molecular weight is 530 g/mol. The van der Waals surface area contributed by atoms with Crippen molar-refractivity contribution >= 4 is 46.8 Å². The molecule has 0 saturated heterocycles. The van der Waals surface area contributed by atoms with E-state index in [1.54, 1.807) is 23.1 Å². The van der Waals surface area contributed by atoms with Crippen LogP contribution in [0.1, 0.15) is 30.5 Å². The van der Waals surface area contributed by atoms with Crippen LogP contribution in [-0.2, 0) is 22.6 Å². The second-order valence-corrected chi connectivity index (χ2v) is 10.6. The van der Waals surface area contributed by atoms with E-state index < -0.39 is 6.04 Å². The molecule has 3 rings (SSSR count). The number of thioether (sulfide) groups is 1. The highest BCUT2D eigenvalue weighted by Gasteiger charge is 2.31. The van der Waals surface area contributed by atoms with E-state index in [1.165, 1.54) is 11.8 Å². The molecule has 0 bridgehead atoms. The Balaban J connectivity index is 1.95. The summed E-state index contributed by atoms with van der Waals surface area (Å²) in [6, 6.07) is 22.2. The van der Waals surface area contributed by atoms with Crippen molar-refractivity contribution in [2.24, 2.45) is 0 Å². The number of carbonyl (C=O) groups excluding carboxylic acids is 2. The highest BCUT2D eigenvalue weighted by molar-refractivity contribution is 8.00. The molecule has 0 saturated carbocycles. The molecule has 184 valence electrons. The van der Waals surface area contributed by atoms with E-state index in [9.17, 15) is 9.59 Å². The smallest absolute Gasteiger partial charge is 0.243 e. The molecular weight excluding hydrogens is 499 g/mol. The van der Waals surface area contributed by atoms with Gasteiger partial charge < -0.3 is 10.2 Å². The molecule has 0 aromatic heterocycles. The van der Waals surface area contributed by atoms with Gasteiger partial charge in [0.15, 0.2) is 0 Å². The molecule has 3 aromatic carbocycles. The monoisotopic (exact) mass is 528 g/mol. The first-order valence-corrected chi connectivity index (χ1v) is 13.2. The minimum Gasteiger partial charge on any atom is -0.352 e. The molecule has 0 unspecified atom stereocenters. The highest BCUT2D eigenvalue weighted by Crippen LogP contribution is 2.28. The molecule has 1 N–H and O–H groups in total. The first kappa shape index (κ1) is 27.1. The van der Waals surface area contributed by atoms with E-state index >= 15 is 0 Å². The van der Waals surface area contributed by atoms with Gasteiger partial charge in [0.2, 0.25) is 11.8 Å². The maximum Gasteiger partial charge on any atom is 0.243 e. The molecule has 3 aromatic rings. The number of nitrogens with zero attached hydrogens (tertiary/aromatic N) is 1. The van der Waals surface area contributed by atoms with Crippen molar-refractivity contribution in [3.05, 3.63) is 99.5 Å². The third-order valence-corrected chi connectivity index (χ3v) is 7.18. The van der Waals surface area contributed by atoms with Crippen molar-refractivity contribution in [3.63, 3.8) is 0 Å². The number of hydrogen-bond donors (Lipinski definition) is 1. The minimum atomic E-state index is -0.724. The van der Waals surface area contributed by atoms with Crippen LogP contribution in [0.5, 0.6) is 0 Å². The summed E-state index contributed by atoms with van der Waals surface area (Å²) in [5.41, 5.74) is 2.74. The van der Waals surface area contributed by atoms with Gasteiger partial charge >= 0.3 is 0 Å². The lowest BCUT2D eigenvalue weighted by atomic mass is 10.0. The Morgan fingerprint density at radius 1 is 0.914 bits per heavy atom. The third-order valence-electron chi connectivity index (χ3n) is 5.48. The van der Waals surface area contributed by atoms with Gasteiger partial charge in [0.1, 0.15) is 6.04 Å². The fraction of sp³-hybridized carbons (Fsp3) is 0.286. The van der Waals surface area contributed by atoms with E-state index in [2.05, 4.69) is 5.32 Å². The normalized spacial score (nSPS) is 11.8. The molecule has 0 aliphatic heterocycles. The van der Waals surface area contributed by atoms with Gasteiger partial charge in [-0.2, -0.15) is 0 Å². The largest absolute Gasteiger partial charge is 0.352 e. The van der Waals surface area contributed by atoms with Gasteiger partial charge in [-0.3, -0.25) is 9.59 Å². The fourth-order valence-electron chi connectivity index (χ4n) is 3.65. The molecule has 1 atom stereocenters. The molecule has 0 heterocycles. The number of carbonyl (C=O) groups is 2. The van der Waals surface area contributed by atoms with Crippen LogP contribution < -0.4 is 5.32 Å². The summed E-state index contributed by atoms with van der Waals surface area (Å²) in [4.78, 5) is 29.7. The first-order valence-electron chi connectivity index (χ1n) is 11.5. The summed E-state index contributed by atoms with van der Waals surface area (Å²) >= 11 is 14.4. The van der Waals surface area contributed by atoms with Gasteiger partial charge in [0.05, 0.1) is 5.75 Å². The second kappa shape index (κ2) is 13.0. The summed E-state index contributed by atoms with van der Waals surface area (Å²) in [6.45, 7) is 5.97. The lowest BCUT2D eigenvalue weighted by Gasteiger charge is -2.32. The molecule has 4 nitrogen and oxygen atoms in total. The Hall–Kier alpha value is -2.47. The van der Waals surface area contributed by atoms with Crippen molar-refractivity contribution in [2.45, 2.75) is 50.7 Å². The van der Waals surface area contributed by atoms with Crippen molar-refractivity contribution in [2.75, 3.05) is 5.75 Å². The maximum absolute atomic E-state index is 13.7. The zero-order valence-corrected chi connectivity index (χ0v) is 22.5. The molecule has 35 heavy (non-hydrogen) atoms. The Morgan fingerprint density at radius 2 is 1.54 bits per heavy atom. The first-order chi connectivity index (χ1) is 16.7. The van der Waals surface area contributed by atoms with E-state index in [1.807, 2.05) is 75.4 Å². The van der Waals surface area contributed by atoms with Gasteiger partial charge in [0, 0.05) is 39.5 Å². The van der Waals surface area contributed by atoms with E-state index in [-0.39, 0.29) is 30.2 Å². The maximum atomic E-state index is 13.7. The van der Waals surface area contributed by atoms with Crippen LogP contribution in [0, 0.1) is 6.92 Å². The molecule has 0 spiro atoms. The summed E-state index contributed by atoms with van der Waals surface area (Å²) in [6.07, 6.45) is 0.377. The quantitative estimate of drug-likeness (QED) is 0.303. The van der Waals surface area contributed by atoms with Crippen LogP contribution in [0.2, 0.25) is 10.0 Å². The van der Waals surface area contributed by atoms with Gasteiger partial charge in [-0.1, -0.05) is 77.3 Å². The van der Waals surface area contributed by atoms with Gasteiger partial charge in [-0.05, 0) is 50.6 Å². The van der Waals surface area contributed by atoms with Gasteiger partial charge in [-0.25, -0.2) is 0 Å². The standard InChI is InChI=1S/C28H30Cl2N2O2S/c1-19(2)31-28(34)26(16-21-8-5-4-6-9-21)32(17-23-24(29)10-7-11-25(23)30)27(33)18-35-22-14-12-20(3)13-15-22/h4-15,19,26H,16-18H2,1-3H3,(H,31,34)/t26-/m0/s1. The number of aryl methyl sites for hydroxylation is 1. The molecule has 7 heteroatoms. The Labute approximate surface area is 222 Å². The Bertz CT molecular complexity index is 1120. The molecule has 0 aliphatic rings. The lowest BCUT2D eigenvalue weighted by Crippen LogP contribution is -2.52. The highest BCUT2D eigenvalue weighted by atomic mass is 35.5. The molecule has 0 radical (unpaired) electrons. The van der Waals surface area contributed by atoms with Crippen LogP contribution in [0.3, 0.4) is 0 Å². The van der Waals surface area contributed by atoms with Crippen molar-refractivity contribution in [3.8, 4) is 0 Å². The van der Waals surface area contributed by atoms with Crippen LogP contribution in [-0.4, -0.2) is 34.6 Å². The number of rotatable bonds is 10. The third kappa shape index (κ3) is 8.03. The summed E-state index contributed by atoms with van der Waals surface area (Å²) in [5.74, 6) is -0.183. The summed E-state index contributed by atoms with van der Waals surface area (Å²) in [5, 5.41) is 3.91. The molecule has 0 aliphatic carbocycles. The number of halogens is 2. The SMILES string of the molecule is Cc1ccc(SCC(=O)N(Cc2c(Cl)cccc2Cl)[C@@H](Cc2ccccc2)C(=O)NC(C)C)cc1. The number of amides is 2. The van der Waals surface area contributed by atoms with Crippen LogP contribution in [0.4, 0.5) is 0 Å². The van der Waals surface area contributed by atoms with Gasteiger partial charge in [-0.15, -0.1) is 11.8 Å². The van der Waals surface area contributed by atoms with Crippen LogP contribution >= 0.6 is 35.0 Å².